The van der Waals surface area contributed by atoms with Gasteiger partial charge in [-0.2, -0.15) is 0 Å². The molecule has 1 aromatic heterocycles. The van der Waals surface area contributed by atoms with E-state index in [1.165, 1.54) is 16.0 Å². The summed E-state index contributed by atoms with van der Waals surface area (Å²) in [6.07, 6.45) is -1.10. The van der Waals surface area contributed by atoms with E-state index in [9.17, 15) is 9.90 Å². The number of carbonyl (C=O) groups is 1. The predicted molar refractivity (Wildman–Crippen MR) is 123 cm³/mol. The summed E-state index contributed by atoms with van der Waals surface area (Å²) in [5, 5.41) is 10.8. The lowest BCUT2D eigenvalue weighted by atomic mass is 9.98. The maximum absolute atomic E-state index is 12.3. The predicted octanol–water partition coefficient (Wildman–Crippen LogP) is 5.89. The Balaban J connectivity index is 2.22. The fourth-order valence-electron chi connectivity index (χ4n) is 3.71. The van der Waals surface area contributed by atoms with E-state index < -0.39 is 12.1 Å². The highest BCUT2D eigenvalue weighted by Crippen LogP contribution is 2.34. The normalized spacial score (nSPS) is 12.6. The Labute approximate surface area is 186 Å². The van der Waals surface area contributed by atoms with Crippen LogP contribution in [0.3, 0.4) is 0 Å². The van der Waals surface area contributed by atoms with Gasteiger partial charge in [-0.15, -0.1) is 0 Å². The van der Waals surface area contributed by atoms with Crippen molar-refractivity contribution in [2.24, 2.45) is 0 Å². The first-order valence-electron chi connectivity index (χ1n) is 9.60. The van der Waals surface area contributed by atoms with Crippen LogP contribution in [-0.2, 0) is 0 Å². The van der Waals surface area contributed by atoms with Crippen molar-refractivity contribution in [3.8, 4) is 0 Å². The van der Waals surface area contributed by atoms with Gasteiger partial charge in [0.05, 0.1) is 21.1 Å². The van der Waals surface area contributed by atoms with Crippen LogP contribution in [0.15, 0.2) is 18.2 Å². The van der Waals surface area contributed by atoms with Gasteiger partial charge in [0.1, 0.15) is 11.9 Å². The first kappa shape index (κ1) is 22.4. The number of halogens is 2. The standard InChI is InChI=1S/C22H26Cl2N4O2/c1-11-12(2)14(4)20-19(13(11)3)25-21(26-20)18(10-27(5)6)28(22(29)30)15-7-8-16(23)17(24)9-15/h7-9,18H,10H2,1-6H3,(H,25,26)(H,29,30). The van der Waals surface area contributed by atoms with E-state index in [0.717, 1.165) is 22.2 Å². The van der Waals surface area contributed by atoms with Crippen molar-refractivity contribution in [2.75, 3.05) is 25.5 Å². The molecule has 8 heteroatoms. The minimum atomic E-state index is -1.10. The van der Waals surface area contributed by atoms with Gasteiger partial charge >= 0.3 is 6.09 Å². The van der Waals surface area contributed by atoms with Crippen molar-refractivity contribution in [3.05, 3.63) is 56.3 Å². The van der Waals surface area contributed by atoms with Crippen molar-refractivity contribution in [3.63, 3.8) is 0 Å². The highest BCUT2D eigenvalue weighted by molar-refractivity contribution is 6.42. The molecule has 0 bridgehead atoms. The molecule has 0 fully saturated rings. The van der Waals surface area contributed by atoms with E-state index >= 15 is 0 Å². The third-order valence-corrected chi connectivity index (χ3v) is 6.43. The average molecular weight is 449 g/mol. The monoisotopic (exact) mass is 448 g/mol. The van der Waals surface area contributed by atoms with Gasteiger partial charge in [0.2, 0.25) is 0 Å². The van der Waals surface area contributed by atoms with Gasteiger partial charge in [0.15, 0.2) is 0 Å². The van der Waals surface area contributed by atoms with E-state index in [2.05, 4.69) is 25.8 Å². The third-order valence-electron chi connectivity index (χ3n) is 5.69. The lowest BCUT2D eigenvalue weighted by Gasteiger charge is -2.30. The number of benzene rings is 2. The molecule has 0 saturated heterocycles. The molecule has 1 heterocycles. The quantitative estimate of drug-likeness (QED) is 0.510. The number of nitrogens with zero attached hydrogens (tertiary/aromatic N) is 3. The SMILES string of the molecule is Cc1c(C)c(C)c2[nH]c(C(CN(C)C)N(C(=O)O)c3ccc(Cl)c(Cl)c3)nc2c1C. The van der Waals surface area contributed by atoms with Crippen molar-refractivity contribution >= 4 is 46.0 Å². The second-order valence-electron chi connectivity index (χ2n) is 7.87. The molecule has 2 aromatic carbocycles. The van der Waals surface area contributed by atoms with E-state index in [1.54, 1.807) is 18.2 Å². The summed E-state index contributed by atoms with van der Waals surface area (Å²) in [7, 11) is 3.80. The highest BCUT2D eigenvalue weighted by atomic mass is 35.5. The number of nitrogens with one attached hydrogen (secondary N) is 1. The Kier molecular flexibility index (Phi) is 6.32. The number of H-pyrrole nitrogens is 1. The molecule has 3 rings (SSSR count). The van der Waals surface area contributed by atoms with Crippen LogP contribution < -0.4 is 4.90 Å². The van der Waals surface area contributed by atoms with Crippen LogP contribution in [0.1, 0.15) is 34.1 Å². The molecule has 0 radical (unpaired) electrons. The van der Waals surface area contributed by atoms with Crippen LogP contribution in [0, 0.1) is 27.7 Å². The van der Waals surface area contributed by atoms with Crippen LogP contribution in [0.5, 0.6) is 0 Å². The first-order valence-corrected chi connectivity index (χ1v) is 10.4. The number of rotatable bonds is 5. The Hall–Kier alpha value is -2.28. The topological polar surface area (TPSA) is 72.5 Å². The van der Waals surface area contributed by atoms with Crippen molar-refractivity contribution < 1.29 is 9.90 Å². The minimum absolute atomic E-state index is 0.298. The van der Waals surface area contributed by atoms with Crippen LogP contribution in [-0.4, -0.2) is 46.7 Å². The fourth-order valence-corrected chi connectivity index (χ4v) is 4.01. The molecule has 30 heavy (non-hydrogen) atoms. The zero-order valence-corrected chi connectivity index (χ0v) is 19.5. The number of aryl methyl sites for hydroxylation is 2. The van der Waals surface area contributed by atoms with Gasteiger partial charge in [-0.25, -0.2) is 9.78 Å². The Morgan fingerprint density at radius 2 is 1.70 bits per heavy atom. The molecule has 0 aliphatic rings. The fraction of sp³-hybridized carbons (Fsp3) is 0.364. The van der Waals surface area contributed by atoms with Crippen molar-refractivity contribution in [1.29, 1.82) is 0 Å². The van der Waals surface area contributed by atoms with E-state index in [0.29, 0.717) is 28.1 Å². The summed E-state index contributed by atoms with van der Waals surface area (Å²) in [6.45, 7) is 8.71. The number of carboxylic acid groups (broad SMARTS) is 1. The summed E-state index contributed by atoms with van der Waals surface area (Å²) in [5.41, 5.74) is 6.86. The van der Waals surface area contributed by atoms with Gasteiger partial charge in [0.25, 0.3) is 0 Å². The van der Waals surface area contributed by atoms with E-state index in [-0.39, 0.29) is 0 Å². The molecule has 160 valence electrons. The summed E-state index contributed by atoms with van der Waals surface area (Å²) in [6, 6.07) is 4.25. The van der Waals surface area contributed by atoms with Gasteiger partial charge in [-0.05, 0) is 82.2 Å². The maximum atomic E-state index is 12.3. The molecule has 0 spiro atoms. The smallest absolute Gasteiger partial charge is 0.412 e. The maximum Gasteiger partial charge on any atom is 0.412 e. The summed E-state index contributed by atoms with van der Waals surface area (Å²) >= 11 is 12.2. The largest absolute Gasteiger partial charge is 0.465 e. The molecule has 3 aromatic rings. The zero-order chi connectivity index (χ0) is 22.3. The Morgan fingerprint density at radius 3 is 2.27 bits per heavy atom. The average Bonchev–Trinajstić information content (AvgIpc) is 3.12. The lowest BCUT2D eigenvalue weighted by molar-refractivity contribution is 0.196. The van der Waals surface area contributed by atoms with Crippen molar-refractivity contribution in [1.82, 2.24) is 14.9 Å². The molecular weight excluding hydrogens is 423 g/mol. The summed E-state index contributed by atoms with van der Waals surface area (Å²) < 4.78 is 0. The second kappa shape index (κ2) is 8.46. The number of hydrogen-bond donors (Lipinski definition) is 2. The number of amides is 1. The number of fused-ring (bicyclic) bond motifs is 1. The lowest BCUT2D eigenvalue weighted by Crippen LogP contribution is -2.39. The Bertz CT molecular complexity index is 1080. The van der Waals surface area contributed by atoms with Gasteiger partial charge in [-0.3, -0.25) is 4.90 Å². The van der Waals surface area contributed by atoms with Crippen LogP contribution in [0.2, 0.25) is 10.0 Å². The number of imidazole rings is 1. The molecule has 0 saturated carbocycles. The molecular formula is C22H26Cl2N4O2. The summed E-state index contributed by atoms with van der Waals surface area (Å²) in [4.78, 5) is 23.8. The summed E-state index contributed by atoms with van der Waals surface area (Å²) in [5.74, 6) is 0.586. The highest BCUT2D eigenvalue weighted by Gasteiger charge is 2.31. The van der Waals surface area contributed by atoms with Crippen molar-refractivity contribution in [2.45, 2.75) is 33.7 Å². The molecule has 1 unspecified atom stereocenters. The van der Waals surface area contributed by atoms with E-state index in [4.69, 9.17) is 28.2 Å². The van der Waals surface area contributed by atoms with E-state index in [1.807, 2.05) is 25.9 Å². The number of hydrogen-bond acceptors (Lipinski definition) is 3. The zero-order valence-electron chi connectivity index (χ0n) is 18.0. The third kappa shape index (κ3) is 4.00. The molecule has 0 aliphatic carbocycles. The number of anilines is 1. The Morgan fingerprint density at radius 1 is 1.07 bits per heavy atom. The molecule has 1 atom stereocenters. The minimum Gasteiger partial charge on any atom is -0.465 e. The molecule has 6 nitrogen and oxygen atoms in total. The molecule has 0 aliphatic heterocycles. The van der Waals surface area contributed by atoms with Crippen LogP contribution in [0.25, 0.3) is 11.0 Å². The number of likely N-dealkylation sites (N-methyl/N-ethyl adjacent to an activating group) is 1. The second-order valence-corrected chi connectivity index (χ2v) is 8.69. The van der Waals surface area contributed by atoms with Gasteiger partial charge in [0, 0.05) is 12.2 Å². The molecule has 1 amide bonds. The first-order chi connectivity index (χ1) is 14.0. The van der Waals surface area contributed by atoms with Gasteiger partial charge < -0.3 is 15.0 Å². The van der Waals surface area contributed by atoms with Crippen LogP contribution >= 0.6 is 23.2 Å². The van der Waals surface area contributed by atoms with Crippen LogP contribution in [0.4, 0.5) is 10.5 Å². The molecule has 2 N–H and O–H groups in total. The van der Waals surface area contributed by atoms with Gasteiger partial charge in [-0.1, -0.05) is 23.2 Å². The number of aromatic amines is 1. The number of aromatic nitrogens is 2.